The van der Waals surface area contributed by atoms with Gasteiger partial charge in [-0.15, -0.1) is 5.10 Å². The Hall–Kier alpha value is -0.530. The number of aliphatic hydroxyl groups is 1. The Labute approximate surface area is 79.2 Å². The molecule has 0 aliphatic rings. The summed E-state index contributed by atoms with van der Waals surface area (Å²) in [7, 11) is 1.73. The molecule has 1 N–H and O–H groups in total. The first kappa shape index (κ1) is 9.56. The summed E-state index contributed by atoms with van der Waals surface area (Å²) in [5.41, 5.74) is 0. The van der Waals surface area contributed by atoms with Crippen LogP contribution in [0.1, 0.15) is 0 Å². The van der Waals surface area contributed by atoms with Crippen LogP contribution in [0.4, 0.5) is 0 Å². The first-order valence-electron chi connectivity index (χ1n) is 3.15. The zero-order chi connectivity index (χ0) is 8.97. The fourth-order valence-corrected chi connectivity index (χ4v) is 1.43. The number of hydrogen-bond acceptors (Lipinski definition) is 6. The number of rotatable bonds is 4. The molecule has 0 aliphatic heterocycles. The van der Waals surface area contributed by atoms with Crippen molar-refractivity contribution in [3.63, 3.8) is 0 Å². The number of tetrazole rings is 1. The van der Waals surface area contributed by atoms with Gasteiger partial charge in [-0.3, -0.25) is 0 Å². The zero-order valence-electron chi connectivity index (χ0n) is 6.34. The van der Waals surface area contributed by atoms with Gasteiger partial charge in [-0.25, -0.2) is 4.68 Å². The Kier molecular flexibility index (Phi) is 3.57. The van der Waals surface area contributed by atoms with Crippen LogP contribution in [0.3, 0.4) is 0 Å². The zero-order valence-corrected chi connectivity index (χ0v) is 7.97. The van der Waals surface area contributed by atoms with Crippen molar-refractivity contribution in [2.75, 3.05) is 5.75 Å². The molecule has 5 nitrogen and oxygen atoms in total. The number of aliphatic hydroxyl groups excluding tert-OH is 1. The average Bonchev–Trinajstić information content (AvgIpc) is 2.47. The third-order valence-electron chi connectivity index (χ3n) is 1.09. The van der Waals surface area contributed by atoms with Crippen molar-refractivity contribution >= 4 is 29.3 Å². The quantitative estimate of drug-likeness (QED) is 0.528. The Morgan fingerprint density at radius 3 is 3.08 bits per heavy atom. The fourth-order valence-electron chi connectivity index (χ4n) is 0.531. The number of aryl methyl sites for hydroxylation is 1. The maximum Gasteiger partial charge on any atom is 0.209 e. The van der Waals surface area contributed by atoms with E-state index in [0.717, 1.165) is 0 Å². The van der Waals surface area contributed by atoms with Gasteiger partial charge in [0.1, 0.15) is 0 Å². The highest BCUT2D eigenvalue weighted by Gasteiger charge is 2.06. The predicted molar refractivity (Wildman–Crippen MR) is 48.1 cm³/mol. The molecule has 0 saturated carbocycles. The summed E-state index contributed by atoms with van der Waals surface area (Å²) in [4.78, 5) is 0. The number of thioether (sulfide) groups is 1. The molecule has 0 saturated heterocycles. The molecule has 1 aromatic heterocycles. The summed E-state index contributed by atoms with van der Waals surface area (Å²) in [6, 6.07) is 0. The number of hydrogen-bond donors (Lipinski definition) is 1. The van der Waals surface area contributed by atoms with Crippen LogP contribution >= 0.6 is 24.0 Å². The van der Waals surface area contributed by atoms with Gasteiger partial charge in [0.15, 0.2) is 0 Å². The second-order valence-electron chi connectivity index (χ2n) is 2.03. The van der Waals surface area contributed by atoms with E-state index in [9.17, 15) is 0 Å². The molecule has 1 rings (SSSR count). The Morgan fingerprint density at radius 1 is 1.83 bits per heavy atom. The van der Waals surface area contributed by atoms with Gasteiger partial charge in [-0.1, -0.05) is 24.0 Å². The minimum Gasteiger partial charge on any atom is -0.387 e. The minimum atomic E-state index is -0.707. The van der Waals surface area contributed by atoms with Gasteiger partial charge >= 0.3 is 0 Å². The van der Waals surface area contributed by atoms with Crippen LogP contribution in [-0.2, 0) is 7.05 Å². The Balaban J connectivity index is 2.43. The summed E-state index contributed by atoms with van der Waals surface area (Å²) in [6.45, 7) is 0. The lowest BCUT2D eigenvalue weighted by molar-refractivity contribution is 0.273. The molecule has 12 heavy (non-hydrogen) atoms. The second kappa shape index (κ2) is 4.48. The predicted octanol–water partition coefficient (Wildman–Crippen LogP) is -0.460. The van der Waals surface area contributed by atoms with Crippen molar-refractivity contribution in [2.24, 2.45) is 7.05 Å². The number of thiocarbonyl (C=S) groups is 1. The molecule has 1 heterocycles. The van der Waals surface area contributed by atoms with Crippen LogP contribution in [0, 0.1) is 0 Å². The minimum absolute atomic E-state index is 0.428. The van der Waals surface area contributed by atoms with E-state index in [2.05, 4.69) is 33.1 Å². The molecule has 65 valence electrons. The van der Waals surface area contributed by atoms with Crippen LogP contribution in [0.2, 0.25) is 0 Å². The third kappa shape index (κ3) is 2.50. The maximum atomic E-state index is 9.03. The average molecular weight is 203 g/mol. The topological polar surface area (TPSA) is 63.8 Å². The monoisotopic (exact) mass is 203 g/mol. The van der Waals surface area contributed by atoms with Crippen molar-refractivity contribution in [3.8, 4) is 0 Å². The molecular formula is C5H7N4OS2. The molecule has 1 atom stereocenters. The lowest BCUT2D eigenvalue weighted by Gasteiger charge is -2.00. The van der Waals surface area contributed by atoms with Crippen molar-refractivity contribution in [2.45, 2.75) is 11.3 Å². The highest BCUT2D eigenvalue weighted by atomic mass is 32.2. The third-order valence-corrected chi connectivity index (χ3v) is 2.45. The van der Waals surface area contributed by atoms with Gasteiger partial charge < -0.3 is 5.11 Å². The number of aromatic nitrogens is 4. The lowest BCUT2D eigenvalue weighted by atomic mass is 10.5. The summed E-state index contributed by atoms with van der Waals surface area (Å²) in [5, 5.41) is 22.8. The largest absolute Gasteiger partial charge is 0.387 e. The fraction of sp³-hybridized carbons (Fsp3) is 0.600. The van der Waals surface area contributed by atoms with E-state index < -0.39 is 6.10 Å². The van der Waals surface area contributed by atoms with E-state index in [1.54, 1.807) is 7.05 Å². The summed E-state index contributed by atoms with van der Waals surface area (Å²) in [6.07, 6.45) is -0.707. The lowest BCUT2D eigenvalue weighted by Crippen LogP contribution is -2.10. The molecule has 0 aromatic carbocycles. The first-order valence-corrected chi connectivity index (χ1v) is 4.54. The van der Waals surface area contributed by atoms with Crippen molar-refractivity contribution in [3.05, 3.63) is 0 Å². The molecular weight excluding hydrogens is 196 g/mol. The van der Waals surface area contributed by atoms with Gasteiger partial charge in [0.05, 0.1) is 11.5 Å². The molecule has 1 unspecified atom stereocenters. The van der Waals surface area contributed by atoms with E-state index in [0.29, 0.717) is 10.9 Å². The molecule has 1 aromatic rings. The van der Waals surface area contributed by atoms with Crippen molar-refractivity contribution in [1.82, 2.24) is 20.2 Å². The molecule has 7 heteroatoms. The number of nitrogens with zero attached hydrogens (tertiary/aromatic N) is 4. The normalized spacial score (nSPS) is 12.8. The standard InChI is InChI=1S/C5H7N4OS2/c1-9-5(6-7-8-9)12-3-4(10)2-11/h4,10H,3H2,1H3. The van der Waals surface area contributed by atoms with Gasteiger partial charge in [0.2, 0.25) is 5.16 Å². The Morgan fingerprint density at radius 2 is 2.58 bits per heavy atom. The van der Waals surface area contributed by atoms with Crippen LogP contribution in [0.15, 0.2) is 5.16 Å². The first-order chi connectivity index (χ1) is 5.74. The van der Waals surface area contributed by atoms with Crippen molar-refractivity contribution in [1.29, 1.82) is 0 Å². The molecule has 0 amide bonds. The summed E-state index contributed by atoms with van der Waals surface area (Å²) < 4.78 is 1.53. The van der Waals surface area contributed by atoms with E-state index in [1.165, 1.54) is 16.4 Å². The Bertz CT molecular complexity index is 264. The molecule has 0 bridgehead atoms. The molecule has 1 radical (unpaired) electrons. The van der Waals surface area contributed by atoms with Gasteiger partial charge in [-0.05, 0) is 10.4 Å². The highest BCUT2D eigenvalue weighted by Crippen LogP contribution is 2.12. The van der Waals surface area contributed by atoms with Crippen LogP contribution in [-0.4, -0.2) is 42.5 Å². The summed E-state index contributed by atoms with van der Waals surface area (Å²) >= 11 is 5.76. The van der Waals surface area contributed by atoms with Gasteiger partial charge in [0.25, 0.3) is 0 Å². The van der Waals surface area contributed by atoms with Crippen molar-refractivity contribution < 1.29 is 5.11 Å². The SMILES string of the molecule is Cn1nnnc1SCC(O)[C]=S. The van der Waals surface area contributed by atoms with Crippen LogP contribution in [0.5, 0.6) is 0 Å². The van der Waals surface area contributed by atoms with Gasteiger partial charge in [0, 0.05) is 12.8 Å². The highest BCUT2D eigenvalue weighted by molar-refractivity contribution is 7.99. The smallest absolute Gasteiger partial charge is 0.209 e. The van der Waals surface area contributed by atoms with E-state index in [1.807, 2.05) is 0 Å². The van der Waals surface area contributed by atoms with E-state index in [4.69, 9.17) is 5.11 Å². The van der Waals surface area contributed by atoms with Crippen LogP contribution in [0.25, 0.3) is 0 Å². The van der Waals surface area contributed by atoms with E-state index in [-0.39, 0.29) is 0 Å². The second-order valence-corrected chi connectivity index (χ2v) is 3.25. The summed E-state index contributed by atoms with van der Waals surface area (Å²) in [5.74, 6) is 0.428. The molecule has 0 fully saturated rings. The molecule has 0 spiro atoms. The molecule has 0 aliphatic carbocycles. The van der Waals surface area contributed by atoms with Crippen LogP contribution < -0.4 is 0 Å². The van der Waals surface area contributed by atoms with Gasteiger partial charge in [-0.2, -0.15) is 0 Å². The maximum absolute atomic E-state index is 9.03. The van der Waals surface area contributed by atoms with E-state index >= 15 is 0 Å².